The van der Waals surface area contributed by atoms with Gasteiger partial charge in [-0.3, -0.25) is 0 Å². The second-order valence-corrected chi connectivity index (χ2v) is 6.63. The zero-order chi connectivity index (χ0) is 15.7. The van der Waals surface area contributed by atoms with Crippen LogP contribution in [-0.4, -0.2) is 94.8 Å². The lowest BCUT2D eigenvalue weighted by molar-refractivity contribution is -0.260. The van der Waals surface area contributed by atoms with Crippen molar-refractivity contribution in [2.75, 3.05) is 59.5 Å². The molecule has 4 aliphatic heterocycles. The van der Waals surface area contributed by atoms with E-state index in [9.17, 15) is 5.11 Å². The van der Waals surface area contributed by atoms with E-state index in [1.54, 1.807) is 0 Å². The van der Waals surface area contributed by atoms with Gasteiger partial charge in [-0.15, -0.1) is 0 Å². The first-order valence-corrected chi connectivity index (χ1v) is 8.20. The van der Waals surface area contributed by atoms with Crippen molar-refractivity contribution in [2.24, 2.45) is 5.92 Å². The predicted octanol–water partition coefficient (Wildman–Crippen LogP) is -1.06. The SMILES string of the molecule is OC1(OCC2CO2)COCC(COCC2CO2)C2OC2COC1. The molecule has 8 nitrogen and oxygen atoms in total. The molecule has 4 aliphatic rings. The van der Waals surface area contributed by atoms with Gasteiger partial charge in [-0.25, -0.2) is 0 Å². The topological polar surface area (TPSA) is 94.7 Å². The van der Waals surface area contributed by atoms with E-state index in [2.05, 4.69) is 0 Å². The van der Waals surface area contributed by atoms with Gasteiger partial charge in [0.25, 0.3) is 0 Å². The van der Waals surface area contributed by atoms with Crippen molar-refractivity contribution in [1.82, 2.24) is 0 Å². The van der Waals surface area contributed by atoms with Gasteiger partial charge in [0.1, 0.15) is 31.5 Å². The Labute approximate surface area is 134 Å². The van der Waals surface area contributed by atoms with E-state index in [4.69, 9.17) is 33.2 Å². The Bertz CT molecular complexity index is 399. The maximum Gasteiger partial charge on any atom is 0.213 e. The minimum atomic E-state index is -1.44. The van der Waals surface area contributed by atoms with Crippen molar-refractivity contribution >= 4 is 0 Å². The number of hydrogen-bond acceptors (Lipinski definition) is 8. The zero-order valence-electron chi connectivity index (χ0n) is 13.1. The van der Waals surface area contributed by atoms with Crippen LogP contribution in [0.15, 0.2) is 0 Å². The summed E-state index contributed by atoms with van der Waals surface area (Å²) in [5.41, 5.74) is 0. The highest BCUT2D eigenvalue weighted by Gasteiger charge is 2.47. The maximum absolute atomic E-state index is 10.5. The lowest BCUT2D eigenvalue weighted by Crippen LogP contribution is -2.45. The molecule has 1 N–H and O–H groups in total. The van der Waals surface area contributed by atoms with Gasteiger partial charge in [0.2, 0.25) is 5.79 Å². The van der Waals surface area contributed by atoms with Crippen LogP contribution in [0.5, 0.6) is 0 Å². The lowest BCUT2D eigenvalue weighted by atomic mass is 10.1. The Kier molecular flexibility index (Phi) is 4.84. The second-order valence-electron chi connectivity index (χ2n) is 6.63. The van der Waals surface area contributed by atoms with E-state index >= 15 is 0 Å². The van der Waals surface area contributed by atoms with Crippen molar-refractivity contribution in [2.45, 2.75) is 30.2 Å². The van der Waals surface area contributed by atoms with E-state index in [1.165, 1.54) is 0 Å². The van der Waals surface area contributed by atoms with Crippen LogP contribution in [0.1, 0.15) is 0 Å². The summed E-state index contributed by atoms with van der Waals surface area (Å²) in [6.07, 6.45) is 0.467. The monoisotopic (exact) mass is 332 g/mol. The molecule has 4 rings (SSSR count). The standard InChI is InChI=1S/C15H24O8/c16-15(22-6-12-5-21-12)8-18-2-10(1-17-3-11-4-20-11)14-13(23-14)7-19-9-15/h10-14,16H,1-9H2. The predicted molar refractivity (Wildman–Crippen MR) is 75.0 cm³/mol. The van der Waals surface area contributed by atoms with Gasteiger partial charge in [0.05, 0.1) is 52.4 Å². The number of fused-ring (bicyclic) bond motifs is 1. The molecule has 0 saturated carbocycles. The number of epoxide rings is 3. The first-order valence-electron chi connectivity index (χ1n) is 8.20. The largest absolute Gasteiger partial charge is 0.378 e. The molecular formula is C15H24O8. The number of hydrogen-bond donors (Lipinski definition) is 1. The molecule has 0 aromatic carbocycles. The number of aliphatic hydroxyl groups is 1. The van der Waals surface area contributed by atoms with Gasteiger partial charge < -0.3 is 38.3 Å². The van der Waals surface area contributed by atoms with Crippen molar-refractivity contribution in [3.8, 4) is 0 Å². The highest BCUT2D eigenvalue weighted by molar-refractivity contribution is 4.91. The Balaban J connectivity index is 1.26. The molecule has 132 valence electrons. The molecule has 6 atom stereocenters. The first kappa shape index (κ1) is 16.2. The van der Waals surface area contributed by atoms with Crippen molar-refractivity contribution in [1.29, 1.82) is 0 Å². The first-order chi connectivity index (χ1) is 11.2. The van der Waals surface area contributed by atoms with Crippen LogP contribution >= 0.6 is 0 Å². The molecule has 0 bridgehead atoms. The molecule has 4 fully saturated rings. The lowest BCUT2D eigenvalue weighted by Gasteiger charge is -2.29. The second kappa shape index (κ2) is 6.89. The summed E-state index contributed by atoms with van der Waals surface area (Å²) >= 11 is 0. The van der Waals surface area contributed by atoms with E-state index in [-0.39, 0.29) is 43.5 Å². The summed E-state index contributed by atoms with van der Waals surface area (Å²) in [7, 11) is 0. The summed E-state index contributed by atoms with van der Waals surface area (Å²) in [5.74, 6) is -1.32. The molecule has 8 heteroatoms. The summed E-state index contributed by atoms with van der Waals surface area (Å²) < 4.78 is 38.3. The van der Waals surface area contributed by atoms with Crippen LogP contribution in [0.2, 0.25) is 0 Å². The molecule has 0 aliphatic carbocycles. The fourth-order valence-electron chi connectivity index (χ4n) is 2.70. The summed E-state index contributed by atoms with van der Waals surface area (Å²) in [6.45, 7) is 3.99. The minimum Gasteiger partial charge on any atom is -0.378 e. The molecule has 0 amide bonds. The van der Waals surface area contributed by atoms with Crippen LogP contribution in [-0.2, 0) is 33.2 Å². The molecule has 4 saturated heterocycles. The number of rotatable bonds is 7. The maximum atomic E-state index is 10.5. The van der Waals surface area contributed by atoms with Gasteiger partial charge in [0, 0.05) is 5.92 Å². The Hall–Kier alpha value is -0.320. The van der Waals surface area contributed by atoms with Crippen LogP contribution in [0.4, 0.5) is 0 Å². The third kappa shape index (κ3) is 4.83. The van der Waals surface area contributed by atoms with Crippen LogP contribution < -0.4 is 0 Å². The van der Waals surface area contributed by atoms with Gasteiger partial charge in [-0.1, -0.05) is 0 Å². The van der Waals surface area contributed by atoms with Crippen LogP contribution in [0, 0.1) is 5.92 Å². The van der Waals surface area contributed by atoms with Gasteiger partial charge in [0.15, 0.2) is 0 Å². The van der Waals surface area contributed by atoms with Gasteiger partial charge >= 0.3 is 0 Å². The minimum absolute atomic E-state index is 0.0403. The van der Waals surface area contributed by atoms with Crippen LogP contribution in [0.25, 0.3) is 0 Å². The van der Waals surface area contributed by atoms with Gasteiger partial charge in [-0.05, 0) is 0 Å². The third-order valence-electron chi connectivity index (χ3n) is 4.33. The average Bonchev–Trinajstić information content (AvgIpc) is 3.37. The van der Waals surface area contributed by atoms with Crippen LogP contribution in [0.3, 0.4) is 0 Å². The zero-order valence-corrected chi connectivity index (χ0v) is 13.1. The highest BCUT2D eigenvalue weighted by atomic mass is 16.7. The third-order valence-corrected chi connectivity index (χ3v) is 4.33. The van der Waals surface area contributed by atoms with Crippen molar-refractivity contribution in [3.63, 3.8) is 0 Å². The van der Waals surface area contributed by atoms with Crippen molar-refractivity contribution in [3.05, 3.63) is 0 Å². The number of ether oxygens (including phenoxy) is 7. The normalized spacial score (nSPS) is 46.0. The Morgan fingerprint density at radius 2 is 1.61 bits per heavy atom. The summed E-state index contributed by atoms with van der Waals surface area (Å²) in [6, 6.07) is 0. The molecule has 4 heterocycles. The van der Waals surface area contributed by atoms with E-state index in [0.717, 1.165) is 6.61 Å². The molecule has 23 heavy (non-hydrogen) atoms. The molecular weight excluding hydrogens is 308 g/mol. The van der Waals surface area contributed by atoms with Crippen molar-refractivity contribution < 1.29 is 38.3 Å². The molecule has 0 aromatic rings. The molecule has 6 unspecified atom stereocenters. The molecule has 0 radical (unpaired) electrons. The summed E-state index contributed by atoms with van der Waals surface area (Å²) in [5, 5.41) is 10.5. The summed E-state index contributed by atoms with van der Waals surface area (Å²) in [4.78, 5) is 0. The quantitative estimate of drug-likeness (QED) is 0.465. The van der Waals surface area contributed by atoms with E-state index in [0.29, 0.717) is 39.6 Å². The fourth-order valence-corrected chi connectivity index (χ4v) is 2.70. The Morgan fingerprint density at radius 3 is 2.35 bits per heavy atom. The average molecular weight is 332 g/mol. The van der Waals surface area contributed by atoms with E-state index in [1.807, 2.05) is 0 Å². The fraction of sp³-hybridized carbons (Fsp3) is 1.00. The Morgan fingerprint density at radius 1 is 0.913 bits per heavy atom. The van der Waals surface area contributed by atoms with E-state index < -0.39 is 5.79 Å². The highest BCUT2D eigenvalue weighted by Crippen LogP contribution is 2.32. The van der Waals surface area contributed by atoms with Gasteiger partial charge in [-0.2, -0.15) is 0 Å². The molecule has 0 spiro atoms. The smallest absolute Gasteiger partial charge is 0.213 e. The molecule has 0 aromatic heterocycles.